The molecule has 0 aliphatic carbocycles. The van der Waals surface area contributed by atoms with E-state index in [4.69, 9.17) is 0 Å². The summed E-state index contributed by atoms with van der Waals surface area (Å²) in [6.45, 7) is 7.95. The van der Waals surface area contributed by atoms with Gasteiger partial charge in [0.25, 0.3) is 0 Å². The number of hydrogen-bond donors (Lipinski definition) is 1. The van der Waals surface area contributed by atoms with Gasteiger partial charge < -0.3 is 5.32 Å². The Labute approximate surface area is 117 Å². The molecule has 0 aromatic carbocycles. The number of piperidine rings is 1. The Morgan fingerprint density at radius 1 is 1.47 bits per heavy atom. The Bertz CT molecular complexity index is 352. The lowest BCUT2D eigenvalue weighted by molar-refractivity contribution is 0.111. The molecule has 0 amide bonds. The molecule has 2 unspecified atom stereocenters. The molecule has 2 atom stereocenters. The number of pyridine rings is 1. The summed E-state index contributed by atoms with van der Waals surface area (Å²) >= 11 is 0. The fourth-order valence-corrected chi connectivity index (χ4v) is 3.01. The Kier molecular flexibility index (Phi) is 5.80. The second-order valence-corrected chi connectivity index (χ2v) is 5.64. The van der Waals surface area contributed by atoms with E-state index in [-0.39, 0.29) is 0 Å². The Hall–Kier alpha value is -0.930. The van der Waals surface area contributed by atoms with E-state index in [0.29, 0.717) is 12.1 Å². The van der Waals surface area contributed by atoms with E-state index in [1.54, 1.807) is 0 Å². The molecule has 1 aromatic rings. The van der Waals surface area contributed by atoms with Gasteiger partial charge in [0.2, 0.25) is 0 Å². The van der Waals surface area contributed by atoms with Crippen molar-refractivity contribution in [3.8, 4) is 0 Å². The molecular formula is C16H27N3. The molecule has 0 spiro atoms. The third-order valence-corrected chi connectivity index (χ3v) is 4.07. The van der Waals surface area contributed by atoms with Crippen LogP contribution in [0.15, 0.2) is 24.5 Å². The van der Waals surface area contributed by atoms with Crippen molar-refractivity contribution in [2.45, 2.75) is 58.2 Å². The van der Waals surface area contributed by atoms with Crippen LogP contribution in [0, 0.1) is 0 Å². The molecule has 1 aromatic heterocycles. The Morgan fingerprint density at radius 2 is 2.37 bits per heavy atom. The molecule has 3 heteroatoms. The summed E-state index contributed by atoms with van der Waals surface area (Å²) in [5.41, 5.74) is 1.33. The zero-order chi connectivity index (χ0) is 13.5. The van der Waals surface area contributed by atoms with Gasteiger partial charge in [-0.15, -0.1) is 0 Å². The van der Waals surface area contributed by atoms with Crippen LogP contribution < -0.4 is 5.32 Å². The molecule has 1 fully saturated rings. The van der Waals surface area contributed by atoms with Crippen molar-refractivity contribution in [2.75, 3.05) is 13.1 Å². The van der Waals surface area contributed by atoms with Crippen LogP contribution in [0.4, 0.5) is 0 Å². The highest BCUT2D eigenvalue weighted by atomic mass is 15.2. The molecule has 106 valence electrons. The fraction of sp³-hybridized carbons (Fsp3) is 0.688. The quantitative estimate of drug-likeness (QED) is 0.853. The lowest BCUT2D eigenvalue weighted by Gasteiger charge is -2.39. The van der Waals surface area contributed by atoms with Gasteiger partial charge >= 0.3 is 0 Å². The van der Waals surface area contributed by atoms with Gasteiger partial charge in [0.1, 0.15) is 0 Å². The van der Waals surface area contributed by atoms with Gasteiger partial charge in [0.05, 0.1) is 0 Å². The summed E-state index contributed by atoms with van der Waals surface area (Å²) in [5, 5.41) is 3.66. The number of nitrogens with one attached hydrogen (secondary N) is 1. The highest BCUT2D eigenvalue weighted by Crippen LogP contribution is 2.21. The average Bonchev–Trinajstić information content (AvgIpc) is 2.46. The normalized spacial score (nSPS) is 22.3. The predicted octanol–water partition coefficient (Wildman–Crippen LogP) is 2.82. The second kappa shape index (κ2) is 7.61. The zero-order valence-corrected chi connectivity index (χ0v) is 12.3. The first-order valence-corrected chi connectivity index (χ1v) is 7.67. The molecule has 0 bridgehead atoms. The first kappa shape index (κ1) is 14.5. The SMILES string of the molecule is CCCNC(C)C1CCCCN1Cc1cccnc1. The van der Waals surface area contributed by atoms with E-state index in [1.165, 1.54) is 37.8 Å². The minimum Gasteiger partial charge on any atom is -0.313 e. The van der Waals surface area contributed by atoms with Crippen molar-refractivity contribution in [3.63, 3.8) is 0 Å². The highest BCUT2D eigenvalue weighted by molar-refractivity contribution is 5.08. The van der Waals surface area contributed by atoms with E-state index in [9.17, 15) is 0 Å². The maximum Gasteiger partial charge on any atom is 0.0312 e. The van der Waals surface area contributed by atoms with E-state index in [0.717, 1.165) is 13.1 Å². The zero-order valence-electron chi connectivity index (χ0n) is 12.3. The van der Waals surface area contributed by atoms with Gasteiger partial charge in [-0.25, -0.2) is 0 Å². The van der Waals surface area contributed by atoms with Crippen molar-refractivity contribution in [3.05, 3.63) is 30.1 Å². The summed E-state index contributed by atoms with van der Waals surface area (Å²) in [4.78, 5) is 6.86. The third-order valence-electron chi connectivity index (χ3n) is 4.07. The minimum absolute atomic E-state index is 0.580. The molecule has 2 rings (SSSR count). The number of aromatic nitrogens is 1. The van der Waals surface area contributed by atoms with Gasteiger partial charge in [-0.05, 0) is 50.9 Å². The smallest absolute Gasteiger partial charge is 0.0312 e. The molecule has 1 saturated heterocycles. The predicted molar refractivity (Wildman–Crippen MR) is 80.0 cm³/mol. The molecule has 3 nitrogen and oxygen atoms in total. The number of likely N-dealkylation sites (tertiary alicyclic amines) is 1. The van der Waals surface area contributed by atoms with Crippen LogP contribution in [0.2, 0.25) is 0 Å². The molecule has 0 saturated carbocycles. The van der Waals surface area contributed by atoms with Crippen LogP contribution in [-0.2, 0) is 6.54 Å². The van der Waals surface area contributed by atoms with Crippen molar-refractivity contribution in [2.24, 2.45) is 0 Å². The van der Waals surface area contributed by atoms with Crippen molar-refractivity contribution in [1.82, 2.24) is 15.2 Å². The molecule has 19 heavy (non-hydrogen) atoms. The van der Waals surface area contributed by atoms with Crippen LogP contribution in [0.5, 0.6) is 0 Å². The third kappa shape index (κ3) is 4.29. The highest BCUT2D eigenvalue weighted by Gasteiger charge is 2.26. The number of rotatable bonds is 6. The summed E-state index contributed by atoms with van der Waals surface area (Å²) in [6.07, 6.45) is 9.07. The van der Waals surface area contributed by atoms with E-state index < -0.39 is 0 Å². The average molecular weight is 261 g/mol. The van der Waals surface area contributed by atoms with E-state index in [1.807, 2.05) is 18.5 Å². The number of nitrogens with zero attached hydrogens (tertiary/aromatic N) is 2. The van der Waals surface area contributed by atoms with E-state index in [2.05, 4.69) is 35.1 Å². The van der Waals surface area contributed by atoms with E-state index >= 15 is 0 Å². The van der Waals surface area contributed by atoms with Gasteiger partial charge in [-0.3, -0.25) is 9.88 Å². The van der Waals surface area contributed by atoms with Crippen LogP contribution in [-0.4, -0.2) is 35.1 Å². The van der Waals surface area contributed by atoms with Crippen molar-refractivity contribution < 1.29 is 0 Å². The van der Waals surface area contributed by atoms with Gasteiger partial charge in [-0.1, -0.05) is 19.4 Å². The van der Waals surface area contributed by atoms with Gasteiger partial charge in [-0.2, -0.15) is 0 Å². The lowest BCUT2D eigenvalue weighted by Crippen LogP contribution is -2.50. The summed E-state index contributed by atoms with van der Waals surface area (Å²) in [7, 11) is 0. The maximum absolute atomic E-state index is 4.23. The second-order valence-electron chi connectivity index (χ2n) is 5.64. The molecule has 2 heterocycles. The van der Waals surface area contributed by atoms with Crippen LogP contribution in [0.25, 0.3) is 0 Å². The summed E-state index contributed by atoms with van der Waals surface area (Å²) in [6, 6.07) is 5.47. The summed E-state index contributed by atoms with van der Waals surface area (Å²) in [5.74, 6) is 0. The Balaban J connectivity index is 1.95. The minimum atomic E-state index is 0.580. The molecular weight excluding hydrogens is 234 g/mol. The first-order chi connectivity index (χ1) is 9.31. The van der Waals surface area contributed by atoms with Crippen molar-refractivity contribution in [1.29, 1.82) is 0 Å². The van der Waals surface area contributed by atoms with Gasteiger partial charge in [0, 0.05) is 31.0 Å². The summed E-state index contributed by atoms with van der Waals surface area (Å²) < 4.78 is 0. The number of hydrogen-bond acceptors (Lipinski definition) is 3. The van der Waals surface area contributed by atoms with Gasteiger partial charge in [0.15, 0.2) is 0 Å². The molecule has 1 N–H and O–H groups in total. The molecule has 1 aliphatic rings. The Morgan fingerprint density at radius 3 is 3.11 bits per heavy atom. The first-order valence-electron chi connectivity index (χ1n) is 7.67. The van der Waals surface area contributed by atoms with Crippen LogP contribution in [0.3, 0.4) is 0 Å². The van der Waals surface area contributed by atoms with Crippen LogP contribution >= 0.6 is 0 Å². The van der Waals surface area contributed by atoms with Crippen molar-refractivity contribution >= 4 is 0 Å². The monoisotopic (exact) mass is 261 g/mol. The topological polar surface area (TPSA) is 28.2 Å². The fourth-order valence-electron chi connectivity index (χ4n) is 3.01. The maximum atomic E-state index is 4.23. The standard InChI is InChI=1S/C16H27N3/c1-3-9-18-14(2)16-8-4-5-11-19(16)13-15-7-6-10-17-12-15/h6-7,10,12,14,16,18H,3-5,8-9,11,13H2,1-2H3. The van der Waals surface area contributed by atoms with Crippen LogP contribution in [0.1, 0.15) is 45.1 Å². The molecule has 1 aliphatic heterocycles. The lowest BCUT2D eigenvalue weighted by atomic mass is 9.96. The largest absolute Gasteiger partial charge is 0.313 e. The molecule has 0 radical (unpaired) electrons.